The molecule has 0 fully saturated rings. The number of rotatable bonds is 5. The molecule has 0 aliphatic carbocycles. The summed E-state index contributed by atoms with van der Waals surface area (Å²) in [4.78, 5) is 0. The third kappa shape index (κ3) is 2.69. The van der Waals surface area contributed by atoms with Crippen LogP contribution < -0.4 is 10.1 Å². The van der Waals surface area contributed by atoms with E-state index in [0.717, 1.165) is 25.4 Å². The first kappa shape index (κ1) is 11.7. The Morgan fingerprint density at radius 2 is 2.31 bits per heavy atom. The molecule has 88 valence electrons. The molecule has 0 saturated heterocycles. The molecule has 1 heterocycles. The lowest BCUT2D eigenvalue weighted by Crippen LogP contribution is -2.27. The van der Waals surface area contributed by atoms with E-state index in [1.807, 2.05) is 12.1 Å². The van der Waals surface area contributed by atoms with Gasteiger partial charge in [-0.15, -0.1) is 11.6 Å². The zero-order valence-electron chi connectivity index (χ0n) is 9.58. The predicted octanol–water partition coefficient (Wildman–Crippen LogP) is 2.63. The molecule has 0 radical (unpaired) electrons. The van der Waals surface area contributed by atoms with Gasteiger partial charge in [0.25, 0.3) is 0 Å². The van der Waals surface area contributed by atoms with E-state index >= 15 is 0 Å². The Bertz CT molecular complexity index is 342. The van der Waals surface area contributed by atoms with Crippen molar-refractivity contribution in [1.29, 1.82) is 0 Å². The second kappa shape index (κ2) is 5.55. The fourth-order valence-corrected chi connectivity index (χ4v) is 2.07. The van der Waals surface area contributed by atoms with Gasteiger partial charge in [-0.3, -0.25) is 0 Å². The molecule has 1 aromatic rings. The van der Waals surface area contributed by atoms with Gasteiger partial charge < -0.3 is 10.1 Å². The second-order valence-corrected chi connectivity index (χ2v) is 4.77. The Kier molecular flexibility index (Phi) is 4.08. The first-order valence-corrected chi connectivity index (χ1v) is 6.33. The van der Waals surface area contributed by atoms with E-state index in [1.165, 1.54) is 5.56 Å². The minimum absolute atomic E-state index is 0.485. The van der Waals surface area contributed by atoms with Crippen LogP contribution in [-0.4, -0.2) is 25.6 Å². The molecular formula is C13H18ClNO. The Morgan fingerprint density at radius 1 is 1.50 bits per heavy atom. The minimum atomic E-state index is 0.485. The molecule has 1 aliphatic heterocycles. The van der Waals surface area contributed by atoms with Crippen molar-refractivity contribution in [2.75, 3.05) is 25.6 Å². The van der Waals surface area contributed by atoms with Gasteiger partial charge >= 0.3 is 0 Å². The van der Waals surface area contributed by atoms with Gasteiger partial charge in [-0.05, 0) is 18.5 Å². The smallest absolute Gasteiger partial charge is 0.122 e. The lowest BCUT2D eigenvalue weighted by Gasteiger charge is -2.13. The van der Waals surface area contributed by atoms with E-state index < -0.39 is 0 Å². The number of ether oxygens (including phenoxy) is 1. The van der Waals surface area contributed by atoms with E-state index in [4.69, 9.17) is 16.3 Å². The van der Waals surface area contributed by atoms with Crippen molar-refractivity contribution in [3.05, 3.63) is 29.8 Å². The Morgan fingerprint density at radius 3 is 3.12 bits per heavy atom. The molecule has 0 amide bonds. The third-order valence-electron chi connectivity index (χ3n) is 2.95. The number of hydrogen-bond acceptors (Lipinski definition) is 2. The molecule has 0 bridgehead atoms. The van der Waals surface area contributed by atoms with E-state index in [0.29, 0.717) is 17.7 Å². The van der Waals surface area contributed by atoms with Gasteiger partial charge in [0, 0.05) is 23.9 Å². The van der Waals surface area contributed by atoms with Crippen LogP contribution in [-0.2, 0) is 0 Å². The summed E-state index contributed by atoms with van der Waals surface area (Å²) in [5.41, 5.74) is 1.33. The van der Waals surface area contributed by atoms with Crippen LogP contribution in [0.2, 0.25) is 0 Å². The predicted molar refractivity (Wildman–Crippen MR) is 67.4 cm³/mol. The summed E-state index contributed by atoms with van der Waals surface area (Å²) < 4.78 is 5.63. The lowest BCUT2D eigenvalue weighted by molar-refractivity contribution is 0.325. The molecule has 1 aromatic carbocycles. The van der Waals surface area contributed by atoms with Gasteiger partial charge in [-0.25, -0.2) is 0 Å². The van der Waals surface area contributed by atoms with Crippen molar-refractivity contribution in [3.8, 4) is 5.75 Å². The zero-order valence-corrected chi connectivity index (χ0v) is 10.3. The van der Waals surface area contributed by atoms with Crippen molar-refractivity contribution in [2.24, 2.45) is 5.92 Å². The highest BCUT2D eigenvalue weighted by Gasteiger charge is 2.22. The van der Waals surface area contributed by atoms with Crippen molar-refractivity contribution < 1.29 is 4.74 Å². The van der Waals surface area contributed by atoms with Gasteiger partial charge in [0.2, 0.25) is 0 Å². The van der Waals surface area contributed by atoms with Crippen LogP contribution in [0.4, 0.5) is 0 Å². The van der Waals surface area contributed by atoms with E-state index in [2.05, 4.69) is 24.4 Å². The molecule has 2 rings (SSSR count). The zero-order chi connectivity index (χ0) is 11.4. The summed E-state index contributed by atoms with van der Waals surface area (Å²) in [6, 6.07) is 8.28. The van der Waals surface area contributed by atoms with E-state index in [9.17, 15) is 0 Å². The molecule has 16 heavy (non-hydrogen) atoms. The number of benzene rings is 1. The molecule has 1 aliphatic rings. The highest BCUT2D eigenvalue weighted by atomic mass is 35.5. The first-order valence-electron chi connectivity index (χ1n) is 5.79. The topological polar surface area (TPSA) is 21.3 Å². The second-order valence-electron chi connectivity index (χ2n) is 4.46. The number of hydrogen-bond donors (Lipinski definition) is 1. The number of fused-ring (bicyclic) bond motifs is 1. The largest absolute Gasteiger partial charge is 0.493 e. The van der Waals surface area contributed by atoms with Gasteiger partial charge in [-0.2, -0.15) is 0 Å². The van der Waals surface area contributed by atoms with E-state index in [-0.39, 0.29) is 0 Å². The van der Waals surface area contributed by atoms with Gasteiger partial charge in [0.15, 0.2) is 0 Å². The Balaban J connectivity index is 1.84. The normalized spacial score (nSPS) is 20.2. The van der Waals surface area contributed by atoms with Crippen LogP contribution in [0.1, 0.15) is 18.4 Å². The molecule has 3 heteroatoms. The van der Waals surface area contributed by atoms with Gasteiger partial charge in [-0.1, -0.05) is 25.1 Å². The van der Waals surface area contributed by atoms with Crippen LogP contribution >= 0.6 is 11.6 Å². The minimum Gasteiger partial charge on any atom is -0.493 e. The van der Waals surface area contributed by atoms with E-state index in [1.54, 1.807) is 0 Å². The summed E-state index contributed by atoms with van der Waals surface area (Å²) in [5, 5.41) is 3.45. The third-order valence-corrected chi connectivity index (χ3v) is 3.47. The fourth-order valence-electron chi connectivity index (χ4n) is 1.96. The van der Waals surface area contributed by atoms with Crippen molar-refractivity contribution >= 4 is 11.6 Å². The number of alkyl halides is 1. The molecule has 2 unspecified atom stereocenters. The first-order chi connectivity index (χ1) is 7.81. The Hall–Kier alpha value is -0.730. The molecule has 0 spiro atoms. The maximum atomic E-state index is 5.76. The summed E-state index contributed by atoms with van der Waals surface area (Å²) in [5.74, 6) is 2.77. The molecule has 2 nitrogen and oxygen atoms in total. The quantitative estimate of drug-likeness (QED) is 0.798. The maximum Gasteiger partial charge on any atom is 0.122 e. The average molecular weight is 240 g/mol. The highest BCUT2D eigenvalue weighted by Crippen LogP contribution is 2.32. The number of halogens is 1. The van der Waals surface area contributed by atoms with Gasteiger partial charge in [0.1, 0.15) is 5.75 Å². The SMILES string of the molecule is CC(CCl)CNCC1COc2ccccc21. The van der Waals surface area contributed by atoms with Crippen LogP contribution in [0.15, 0.2) is 24.3 Å². The molecule has 0 saturated carbocycles. The average Bonchev–Trinajstić information content (AvgIpc) is 2.73. The number of para-hydroxylation sites is 1. The maximum absolute atomic E-state index is 5.76. The Labute approximate surface area is 102 Å². The summed E-state index contributed by atoms with van der Waals surface area (Å²) in [6.45, 7) is 4.89. The highest BCUT2D eigenvalue weighted by molar-refractivity contribution is 6.18. The fraction of sp³-hybridized carbons (Fsp3) is 0.538. The summed E-state index contributed by atoms with van der Waals surface area (Å²) in [6.07, 6.45) is 0. The molecule has 2 atom stereocenters. The van der Waals surface area contributed by atoms with Crippen molar-refractivity contribution in [1.82, 2.24) is 5.32 Å². The van der Waals surface area contributed by atoms with Crippen molar-refractivity contribution in [2.45, 2.75) is 12.8 Å². The molecular weight excluding hydrogens is 222 g/mol. The molecule has 1 N–H and O–H groups in total. The van der Waals surface area contributed by atoms with Crippen LogP contribution in [0.5, 0.6) is 5.75 Å². The monoisotopic (exact) mass is 239 g/mol. The van der Waals surface area contributed by atoms with Crippen LogP contribution in [0.25, 0.3) is 0 Å². The van der Waals surface area contributed by atoms with Gasteiger partial charge in [0.05, 0.1) is 6.61 Å². The summed E-state index contributed by atoms with van der Waals surface area (Å²) >= 11 is 5.76. The van der Waals surface area contributed by atoms with Crippen LogP contribution in [0, 0.1) is 5.92 Å². The number of nitrogens with one attached hydrogen (secondary N) is 1. The lowest BCUT2D eigenvalue weighted by atomic mass is 10.0. The van der Waals surface area contributed by atoms with Crippen LogP contribution in [0.3, 0.4) is 0 Å². The molecule has 0 aromatic heterocycles. The standard InChI is InChI=1S/C13H18ClNO/c1-10(6-14)7-15-8-11-9-16-13-5-3-2-4-12(11)13/h2-5,10-11,15H,6-9H2,1H3. The van der Waals surface area contributed by atoms with Crippen molar-refractivity contribution in [3.63, 3.8) is 0 Å². The summed E-state index contributed by atoms with van der Waals surface area (Å²) in [7, 11) is 0.